The van der Waals surface area contributed by atoms with Crippen LogP contribution in [0.3, 0.4) is 0 Å². The number of halogens is 1. The first-order valence-electron chi connectivity index (χ1n) is 7.40. The number of rotatable bonds is 3. The lowest BCUT2D eigenvalue weighted by Crippen LogP contribution is -2.34. The van der Waals surface area contributed by atoms with Crippen LogP contribution >= 0.6 is 0 Å². The lowest BCUT2D eigenvalue weighted by atomic mass is 10.1. The number of likely N-dealkylation sites (tertiary alicyclic amines) is 1. The second-order valence-electron chi connectivity index (χ2n) is 5.81. The van der Waals surface area contributed by atoms with Crippen molar-refractivity contribution in [3.63, 3.8) is 0 Å². The van der Waals surface area contributed by atoms with E-state index in [0.29, 0.717) is 30.3 Å². The Morgan fingerprint density at radius 1 is 1.45 bits per heavy atom. The molecular formula is C16H19FN4O. The molecule has 0 saturated carbocycles. The molecule has 5 nitrogen and oxygen atoms in total. The Bertz CT molecular complexity index is 667. The van der Waals surface area contributed by atoms with E-state index >= 15 is 0 Å². The zero-order valence-corrected chi connectivity index (χ0v) is 12.4. The highest BCUT2D eigenvalue weighted by Gasteiger charge is 2.33. The van der Waals surface area contributed by atoms with Gasteiger partial charge in [-0.05, 0) is 50.1 Å². The number of amides is 1. The molecule has 1 saturated heterocycles. The summed E-state index contributed by atoms with van der Waals surface area (Å²) < 4.78 is 13.1. The SMILES string of the molecule is CC1CC(CN)CN1C(=O)c1cn[nH]c1-c1ccc(F)cc1. The summed E-state index contributed by atoms with van der Waals surface area (Å²) in [5.41, 5.74) is 7.59. The fraction of sp³-hybridized carbons (Fsp3) is 0.375. The highest BCUT2D eigenvalue weighted by Crippen LogP contribution is 2.28. The van der Waals surface area contributed by atoms with E-state index in [-0.39, 0.29) is 17.8 Å². The molecular weight excluding hydrogens is 283 g/mol. The van der Waals surface area contributed by atoms with Gasteiger partial charge in [-0.25, -0.2) is 4.39 Å². The third-order valence-electron chi connectivity index (χ3n) is 4.26. The largest absolute Gasteiger partial charge is 0.335 e. The molecule has 0 aliphatic carbocycles. The minimum Gasteiger partial charge on any atom is -0.335 e. The lowest BCUT2D eigenvalue weighted by molar-refractivity contribution is 0.0744. The third kappa shape index (κ3) is 2.62. The smallest absolute Gasteiger partial charge is 0.257 e. The van der Waals surface area contributed by atoms with E-state index in [9.17, 15) is 9.18 Å². The number of nitrogens with one attached hydrogen (secondary N) is 1. The maximum atomic E-state index is 13.1. The first-order chi connectivity index (χ1) is 10.6. The van der Waals surface area contributed by atoms with Gasteiger partial charge in [0.2, 0.25) is 0 Å². The second-order valence-corrected chi connectivity index (χ2v) is 5.81. The Labute approximate surface area is 128 Å². The molecule has 6 heteroatoms. The molecule has 1 aromatic heterocycles. The average Bonchev–Trinajstić information content (AvgIpc) is 3.14. The summed E-state index contributed by atoms with van der Waals surface area (Å²) in [6.07, 6.45) is 2.45. The number of nitrogens with zero attached hydrogens (tertiary/aromatic N) is 2. The van der Waals surface area contributed by atoms with Gasteiger partial charge in [-0.3, -0.25) is 9.89 Å². The summed E-state index contributed by atoms with van der Waals surface area (Å²) in [4.78, 5) is 14.6. The van der Waals surface area contributed by atoms with Crippen molar-refractivity contribution < 1.29 is 9.18 Å². The van der Waals surface area contributed by atoms with Gasteiger partial charge < -0.3 is 10.6 Å². The predicted octanol–water partition coefficient (Wildman–Crippen LogP) is 2.03. The third-order valence-corrected chi connectivity index (χ3v) is 4.26. The first-order valence-corrected chi connectivity index (χ1v) is 7.40. The molecule has 0 bridgehead atoms. The maximum Gasteiger partial charge on any atom is 0.257 e. The molecule has 2 heterocycles. The monoisotopic (exact) mass is 302 g/mol. The summed E-state index contributed by atoms with van der Waals surface area (Å²) in [7, 11) is 0. The summed E-state index contributed by atoms with van der Waals surface area (Å²) in [5, 5.41) is 6.83. The van der Waals surface area contributed by atoms with Crippen LogP contribution in [0.5, 0.6) is 0 Å². The molecule has 1 aromatic carbocycles. The molecule has 22 heavy (non-hydrogen) atoms. The van der Waals surface area contributed by atoms with Crippen molar-refractivity contribution in [1.29, 1.82) is 0 Å². The van der Waals surface area contributed by atoms with Gasteiger partial charge in [0.05, 0.1) is 17.5 Å². The van der Waals surface area contributed by atoms with Gasteiger partial charge in [0.25, 0.3) is 5.91 Å². The Balaban J connectivity index is 1.88. The van der Waals surface area contributed by atoms with Gasteiger partial charge in [0.1, 0.15) is 5.82 Å². The van der Waals surface area contributed by atoms with Crippen molar-refractivity contribution >= 4 is 5.91 Å². The number of H-pyrrole nitrogens is 1. The molecule has 3 rings (SSSR count). The molecule has 1 fully saturated rings. The maximum absolute atomic E-state index is 13.1. The predicted molar refractivity (Wildman–Crippen MR) is 81.6 cm³/mol. The highest BCUT2D eigenvalue weighted by molar-refractivity contribution is 6.00. The average molecular weight is 302 g/mol. The zero-order chi connectivity index (χ0) is 15.7. The van der Waals surface area contributed by atoms with Crippen molar-refractivity contribution in [3.05, 3.63) is 41.8 Å². The van der Waals surface area contributed by atoms with Crippen molar-refractivity contribution in [2.75, 3.05) is 13.1 Å². The Morgan fingerprint density at radius 2 is 2.18 bits per heavy atom. The normalized spacial score (nSPS) is 21.3. The van der Waals surface area contributed by atoms with Crippen LogP contribution in [0, 0.1) is 11.7 Å². The summed E-state index contributed by atoms with van der Waals surface area (Å²) >= 11 is 0. The van der Waals surface area contributed by atoms with Gasteiger partial charge in [-0.1, -0.05) is 0 Å². The molecule has 2 unspecified atom stereocenters. The van der Waals surface area contributed by atoms with Crippen molar-refractivity contribution in [3.8, 4) is 11.3 Å². The van der Waals surface area contributed by atoms with E-state index in [0.717, 1.165) is 12.0 Å². The van der Waals surface area contributed by atoms with Crippen LogP contribution < -0.4 is 5.73 Å². The standard InChI is InChI=1S/C16H19FN4O/c1-10-6-11(7-18)9-21(10)16(22)14-8-19-20-15(14)12-2-4-13(17)5-3-12/h2-5,8,10-11H,6-7,9,18H2,1H3,(H,19,20). The van der Waals surface area contributed by atoms with Crippen LogP contribution in [0.4, 0.5) is 4.39 Å². The van der Waals surface area contributed by atoms with E-state index in [1.165, 1.54) is 18.3 Å². The first kappa shape index (κ1) is 14.7. The van der Waals surface area contributed by atoms with Crippen LogP contribution in [0.2, 0.25) is 0 Å². The number of aromatic nitrogens is 2. The molecule has 2 atom stereocenters. The molecule has 3 N–H and O–H groups in total. The number of hydrogen-bond acceptors (Lipinski definition) is 3. The number of carbonyl (C=O) groups excluding carboxylic acids is 1. The number of carbonyl (C=O) groups is 1. The molecule has 0 spiro atoms. The van der Waals surface area contributed by atoms with Crippen molar-refractivity contribution in [2.24, 2.45) is 11.7 Å². The fourth-order valence-electron chi connectivity index (χ4n) is 3.04. The summed E-state index contributed by atoms with van der Waals surface area (Å²) in [6, 6.07) is 6.17. The van der Waals surface area contributed by atoms with E-state index in [4.69, 9.17) is 5.73 Å². The van der Waals surface area contributed by atoms with Crippen LogP contribution in [0.25, 0.3) is 11.3 Å². The molecule has 2 aromatic rings. The second kappa shape index (κ2) is 5.88. The molecule has 0 radical (unpaired) electrons. The molecule has 1 aliphatic heterocycles. The van der Waals surface area contributed by atoms with Gasteiger partial charge in [-0.2, -0.15) is 5.10 Å². The Hall–Kier alpha value is -2.21. The molecule has 116 valence electrons. The number of benzene rings is 1. The Kier molecular flexibility index (Phi) is 3.94. The minimum absolute atomic E-state index is 0.0588. The van der Waals surface area contributed by atoms with E-state index in [2.05, 4.69) is 10.2 Å². The summed E-state index contributed by atoms with van der Waals surface area (Å²) in [5.74, 6) is -0.0215. The van der Waals surface area contributed by atoms with Crippen LogP contribution in [0.1, 0.15) is 23.7 Å². The fourth-order valence-corrected chi connectivity index (χ4v) is 3.04. The van der Waals surface area contributed by atoms with E-state index in [1.807, 2.05) is 11.8 Å². The summed E-state index contributed by atoms with van der Waals surface area (Å²) in [6.45, 7) is 3.29. The van der Waals surface area contributed by atoms with Crippen LogP contribution in [0.15, 0.2) is 30.5 Å². The van der Waals surface area contributed by atoms with Gasteiger partial charge in [0.15, 0.2) is 0 Å². The van der Waals surface area contributed by atoms with Crippen LogP contribution in [-0.4, -0.2) is 40.1 Å². The van der Waals surface area contributed by atoms with E-state index < -0.39 is 0 Å². The number of nitrogens with two attached hydrogens (primary N) is 1. The zero-order valence-electron chi connectivity index (χ0n) is 12.4. The van der Waals surface area contributed by atoms with E-state index in [1.54, 1.807) is 12.1 Å². The van der Waals surface area contributed by atoms with Gasteiger partial charge in [0, 0.05) is 18.2 Å². The molecule has 1 amide bonds. The quantitative estimate of drug-likeness (QED) is 0.911. The van der Waals surface area contributed by atoms with Crippen LogP contribution in [-0.2, 0) is 0 Å². The van der Waals surface area contributed by atoms with Gasteiger partial charge >= 0.3 is 0 Å². The van der Waals surface area contributed by atoms with Crippen molar-refractivity contribution in [2.45, 2.75) is 19.4 Å². The minimum atomic E-state index is -0.310. The van der Waals surface area contributed by atoms with Crippen molar-refractivity contribution in [1.82, 2.24) is 15.1 Å². The highest BCUT2D eigenvalue weighted by atomic mass is 19.1. The topological polar surface area (TPSA) is 75.0 Å². The number of hydrogen-bond donors (Lipinski definition) is 2. The lowest BCUT2D eigenvalue weighted by Gasteiger charge is -2.21. The number of aromatic amines is 1. The molecule has 1 aliphatic rings. The Morgan fingerprint density at radius 3 is 2.82 bits per heavy atom. The van der Waals surface area contributed by atoms with Gasteiger partial charge in [-0.15, -0.1) is 0 Å².